The highest BCUT2D eigenvalue weighted by molar-refractivity contribution is 5.93. The van der Waals surface area contributed by atoms with Gasteiger partial charge in [0.25, 0.3) is 0 Å². The molecule has 0 aromatic heterocycles. The Morgan fingerprint density at radius 2 is 1.70 bits per heavy atom. The average Bonchev–Trinajstić information content (AvgIpc) is 2.57. The van der Waals surface area contributed by atoms with Gasteiger partial charge in [0, 0.05) is 30.9 Å². The Kier molecular flexibility index (Phi) is 6.21. The van der Waals surface area contributed by atoms with Gasteiger partial charge in [-0.3, -0.25) is 4.79 Å². The Morgan fingerprint density at radius 3 is 2.26 bits per heavy atom. The van der Waals surface area contributed by atoms with E-state index in [-0.39, 0.29) is 5.91 Å². The Labute approximate surface area is 139 Å². The maximum atomic E-state index is 12.4. The minimum Gasteiger partial charge on any atom is -0.385 e. The van der Waals surface area contributed by atoms with Gasteiger partial charge in [0.2, 0.25) is 5.91 Å². The quantitative estimate of drug-likeness (QED) is 0.806. The fourth-order valence-electron chi connectivity index (χ4n) is 2.55. The molecule has 0 saturated carbocycles. The summed E-state index contributed by atoms with van der Waals surface area (Å²) in [5.74, 6) is 0.680. The fraction of sp³-hybridized carbons (Fsp3) is 0.350. The normalized spacial score (nSPS) is 10.6. The first-order valence-corrected chi connectivity index (χ1v) is 8.31. The van der Waals surface area contributed by atoms with Crippen LogP contribution >= 0.6 is 0 Å². The van der Waals surface area contributed by atoms with Crippen LogP contribution in [0.25, 0.3) is 0 Å². The van der Waals surface area contributed by atoms with Gasteiger partial charge in [0.1, 0.15) is 0 Å². The number of anilines is 2. The van der Waals surface area contributed by atoms with Crippen molar-refractivity contribution in [3.63, 3.8) is 0 Å². The molecule has 2 aromatic rings. The van der Waals surface area contributed by atoms with Crippen molar-refractivity contribution in [2.45, 2.75) is 33.1 Å². The Bertz CT molecular complexity index is 605. The van der Waals surface area contributed by atoms with Crippen molar-refractivity contribution in [2.24, 2.45) is 0 Å². The molecule has 1 N–H and O–H groups in total. The van der Waals surface area contributed by atoms with Crippen molar-refractivity contribution in [1.29, 1.82) is 0 Å². The molecule has 122 valence electrons. The van der Waals surface area contributed by atoms with Crippen molar-refractivity contribution in [3.8, 4) is 0 Å². The van der Waals surface area contributed by atoms with Gasteiger partial charge in [-0.1, -0.05) is 44.2 Å². The van der Waals surface area contributed by atoms with Crippen LogP contribution in [0.15, 0.2) is 54.6 Å². The molecule has 0 atom stereocenters. The molecule has 0 spiro atoms. The third-order valence-corrected chi connectivity index (χ3v) is 3.93. The predicted molar refractivity (Wildman–Crippen MR) is 98.1 cm³/mol. The molecule has 0 fully saturated rings. The number of nitrogens with one attached hydrogen (secondary N) is 1. The minimum atomic E-state index is 0.144. The molecule has 0 bridgehead atoms. The second-order valence-electron chi connectivity index (χ2n) is 5.93. The summed E-state index contributed by atoms with van der Waals surface area (Å²) in [5, 5.41) is 3.32. The number of hydrogen-bond donors (Lipinski definition) is 1. The van der Waals surface area contributed by atoms with Crippen LogP contribution in [0, 0.1) is 0 Å². The van der Waals surface area contributed by atoms with E-state index in [0.717, 1.165) is 11.4 Å². The molecule has 0 aliphatic heterocycles. The van der Waals surface area contributed by atoms with Crippen molar-refractivity contribution in [3.05, 3.63) is 60.2 Å². The molecule has 3 nitrogen and oxygen atoms in total. The van der Waals surface area contributed by atoms with Gasteiger partial charge >= 0.3 is 0 Å². The lowest BCUT2D eigenvalue weighted by atomic mass is 10.0. The molecule has 0 aliphatic rings. The molecular formula is C20H26N2O. The van der Waals surface area contributed by atoms with Gasteiger partial charge in [-0.25, -0.2) is 0 Å². The average molecular weight is 310 g/mol. The van der Waals surface area contributed by atoms with Gasteiger partial charge < -0.3 is 10.2 Å². The third-order valence-electron chi connectivity index (χ3n) is 3.93. The monoisotopic (exact) mass is 310 g/mol. The van der Waals surface area contributed by atoms with Crippen LogP contribution in [-0.2, 0) is 4.79 Å². The smallest absolute Gasteiger partial charge is 0.228 e. The molecule has 2 rings (SSSR count). The highest BCUT2D eigenvalue weighted by atomic mass is 16.2. The number of benzene rings is 2. The Morgan fingerprint density at radius 1 is 1.04 bits per heavy atom. The van der Waals surface area contributed by atoms with Crippen molar-refractivity contribution in [2.75, 3.05) is 23.3 Å². The molecule has 0 saturated heterocycles. The van der Waals surface area contributed by atoms with E-state index in [2.05, 4.69) is 43.4 Å². The van der Waals surface area contributed by atoms with E-state index in [1.807, 2.05) is 42.2 Å². The lowest BCUT2D eigenvalue weighted by Gasteiger charge is -2.21. The topological polar surface area (TPSA) is 32.3 Å². The van der Waals surface area contributed by atoms with Gasteiger partial charge in [0.15, 0.2) is 0 Å². The summed E-state index contributed by atoms with van der Waals surface area (Å²) in [7, 11) is 0. The van der Waals surface area contributed by atoms with Gasteiger partial charge in [-0.2, -0.15) is 0 Å². The van der Waals surface area contributed by atoms with Gasteiger partial charge in [-0.05, 0) is 42.7 Å². The number of hydrogen-bond acceptors (Lipinski definition) is 2. The lowest BCUT2D eigenvalue weighted by molar-refractivity contribution is -0.118. The zero-order chi connectivity index (χ0) is 16.7. The number of carbonyl (C=O) groups excluding carboxylic acids is 1. The van der Waals surface area contributed by atoms with Crippen LogP contribution in [-0.4, -0.2) is 19.0 Å². The minimum absolute atomic E-state index is 0.144. The van der Waals surface area contributed by atoms with E-state index < -0.39 is 0 Å². The molecule has 0 radical (unpaired) electrons. The van der Waals surface area contributed by atoms with E-state index in [0.29, 0.717) is 25.4 Å². The highest BCUT2D eigenvalue weighted by Gasteiger charge is 2.12. The van der Waals surface area contributed by atoms with Gasteiger partial charge in [-0.15, -0.1) is 0 Å². The summed E-state index contributed by atoms with van der Waals surface area (Å²) in [6.45, 7) is 7.70. The maximum absolute atomic E-state index is 12.4. The molecule has 23 heavy (non-hydrogen) atoms. The molecule has 0 aliphatic carbocycles. The number of nitrogens with zero attached hydrogens (tertiary/aromatic N) is 1. The van der Waals surface area contributed by atoms with Crippen molar-refractivity contribution >= 4 is 17.3 Å². The number of carbonyl (C=O) groups is 1. The van der Waals surface area contributed by atoms with Crippen molar-refractivity contribution in [1.82, 2.24) is 0 Å². The maximum Gasteiger partial charge on any atom is 0.228 e. The zero-order valence-electron chi connectivity index (χ0n) is 14.3. The van der Waals surface area contributed by atoms with Gasteiger partial charge in [0.05, 0.1) is 0 Å². The lowest BCUT2D eigenvalue weighted by Crippen LogP contribution is -2.31. The summed E-state index contributed by atoms with van der Waals surface area (Å²) < 4.78 is 0. The summed E-state index contributed by atoms with van der Waals surface area (Å²) >= 11 is 0. The highest BCUT2D eigenvalue weighted by Crippen LogP contribution is 2.17. The van der Waals surface area contributed by atoms with E-state index in [1.165, 1.54) is 5.56 Å². The van der Waals surface area contributed by atoms with Crippen LogP contribution in [0.2, 0.25) is 0 Å². The Balaban J connectivity index is 1.86. The predicted octanol–water partition coefficient (Wildman–Crippen LogP) is 4.67. The van der Waals surface area contributed by atoms with Crippen LogP contribution in [0.4, 0.5) is 11.4 Å². The number of rotatable bonds is 7. The van der Waals surface area contributed by atoms with Crippen LogP contribution in [0.5, 0.6) is 0 Å². The van der Waals surface area contributed by atoms with Crippen LogP contribution in [0.1, 0.15) is 38.7 Å². The van der Waals surface area contributed by atoms with E-state index in [4.69, 9.17) is 0 Å². The SMILES string of the molecule is CCN(C(=O)CCNc1ccc(C(C)C)cc1)c1ccccc1. The molecule has 3 heteroatoms. The largest absolute Gasteiger partial charge is 0.385 e. The molecule has 1 amide bonds. The first kappa shape index (κ1) is 17.1. The molecule has 2 aromatic carbocycles. The standard InChI is InChI=1S/C20H26N2O/c1-4-22(19-8-6-5-7-9-19)20(23)14-15-21-18-12-10-17(11-13-18)16(2)3/h5-13,16,21H,4,14-15H2,1-3H3. The second kappa shape index (κ2) is 8.37. The molecular weight excluding hydrogens is 284 g/mol. The van der Waals surface area contributed by atoms with Crippen LogP contribution < -0.4 is 10.2 Å². The fourth-order valence-corrected chi connectivity index (χ4v) is 2.55. The molecule has 0 heterocycles. The van der Waals surface area contributed by atoms with E-state index >= 15 is 0 Å². The molecule has 0 unspecified atom stereocenters. The summed E-state index contributed by atoms with van der Waals surface area (Å²) in [6, 6.07) is 18.3. The van der Waals surface area contributed by atoms with E-state index in [9.17, 15) is 4.79 Å². The second-order valence-corrected chi connectivity index (χ2v) is 5.93. The van der Waals surface area contributed by atoms with Crippen LogP contribution in [0.3, 0.4) is 0 Å². The van der Waals surface area contributed by atoms with Crippen molar-refractivity contribution < 1.29 is 4.79 Å². The summed E-state index contributed by atoms with van der Waals surface area (Å²) in [6.07, 6.45) is 0.481. The Hall–Kier alpha value is -2.29. The summed E-state index contributed by atoms with van der Waals surface area (Å²) in [4.78, 5) is 14.2. The first-order valence-electron chi connectivity index (χ1n) is 8.31. The summed E-state index contributed by atoms with van der Waals surface area (Å²) in [5.41, 5.74) is 3.35. The first-order chi connectivity index (χ1) is 11.1. The van der Waals surface area contributed by atoms with E-state index in [1.54, 1.807) is 0 Å². The number of amides is 1. The number of para-hydroxylation sites is 1. The third kappa shape index (κ3) is 4.85. The zero-order valence-corrected chi connectivity index (χ0v) is 14.3.